The van der Waals surface area contributed by atoms with Gasteiger partial charge in [-0.2, -0.15) is 0 Å². The van der Waals surface area contributed by atoms with E-state index in [9.17, 15) is 0 Å². The molecule has 0 unspecified atom stereocenters. The van der Waals surface area contributed by atoms with Gasteiger partial charge in [0.1, 0.15) is 5.82 Å². The number of aromatic nitrogens is 1. The van der Waals surface area contributed by atoms with Gasteiger partial charge >= 0.3 is 0 Å². The molecule has 0 amide bonds. The Morgan fingerprint density at radius 2 is 1.88 bits per heavy atom. The SMILES string of the molecule is CCCNCCNc1ccc(C(C)(C)C)cn1. The highest BCUT2D eigenvalue weighted by atomic mass is 15.0. The first-order chi connectivity index (χ1) is 8.04. The van der Waals surface area contributed by atoms with Crippen LogP contribution in [0.2, 0.25) is 0 Å². The fourth-order valence-electron chi connectivity index (χ4n) is 1.52. The Balaban J connectivity index is 2.36. The van der Waals surface area contributed by atoms with Crippen molar-refractivity contribution in [1.29, 1.82) is 0 Å². The number of rotatable bonds is 6. The smallest absolute Gasteiger partial charge is 0.125 e. The van der Waals surface area contributed by atoms with Gasteiger partial charge in [0.05, 0.1) is 0 Å². The Morgan fingerprint density at radius 1 is 1.12 bits per heavy atom. The van der Waals surface area contributed by atoms with E-state index < -0.39 is 0 Å². The first-order valence-corrected chi connectivity index (χ1v) is 6.45. The molecule has 0 saturated heterocycles. The molecule has 17 heavy (non-hydrogen) atoms. The summed E-state index contributed by atoms with van der Waals surface area (Å²) in [6.45, 7) is 11.8. The summed E-state index contributed by atoms with van der Waals surface area (Å²) in [5, 5.41) is 6.66. The zero-order valence-electron chi connectivity index (χ0n) is 11.5. The third kappa shape index (κ3) is 5.18. The quantitative estimate of drug-likeness (QED) is 0.744. The Bertz CT molecular complexity index is 311. The lowest BCUT2D eigenvalue weighted by molar-refractivity contribution is 0.587. The van der Waals surface area contributed by atoms with E-state index >= 15 is 0 Å². The average Bonchev–Trinajstić information content (AvgIpc) is 2.28. The van der Waals surface area contributed by atoms with Crippen molar-refractivity contribution in [2.24, 2.45) is 0 Å². The van der Waals surface area contributed by atoms with E-state index in [4.69, 9.17) is 0 Å². The Morgan fingerprint density at radius 3 is 2.41 bits per heavy atom. The van der Waals surface area contributed by atoms with Crippen LogP contribution in [0.25, 0.3) is 0 Å². The van der Waals surface area contributed by atoms with Crippen molar-refractivity contribution < 1.29 is 0 Å². The Labute approximate surface area is 105 Å². The van der Waals surface area contributed by atoms with Crippen LogP contribution in [0.5, 0.6) is 0 Å². The summed E-state index contributed by atoms with van der Waals surface area (Å²) >= 11 is 0. The predicted molar refractivity (Wildman–Crippen MR) is 74.6 cm³/mol. The summed E-state index contributed by atoms with van der Waals surface area (Å²) in [4.78, 5) is 4.42. The molecule has 3 heteroatoms. The van der Waals surface area contributed by atoms with E-state index in [2.05, 4.69) is 55.4 Å². The molecule has 1 rings (SSSR count). The molecule has 0 fully saturated rings. The Hall–Kier alpha value is -1.09. The lowest BCUT2D eigenvalue weighted by Crippen LogP contribution is -2.23. The van der Waals surface area contributed by atoms with Crippen LogP contribution in [0, 0.1) is 0 Å². The van der Waals surface area contributed by atoms with Crippen molar-refractivity contribution in [3.05, 3.63) is 23.9 Å². The van der Waals surface area contributed by atoms with Gasteiger partial charge in [-0.25, -0.2) is 4.98 Å². The number of anilines is 1. The van der Waals surface area contributed by atoms with Gasteiger partial charge in [0, 0.05) is 19.3 Å². The third-order valence-corrected chi connectivity index (χ3v) is 2.66. The number of nitrogens with zero attached hydrogens (tertiary/aromatic N) is 1. The molecule has 96 valence electrons. The van der Waals surface area contributed by atoms with Crippen molar-refractivity contribution in [3.8, 4) is 0 Å². The molecule has 0 spiro atoms. The van der Waals surface area contributed by atoms with E-state index in [1.54, 1.807) is 0 Å². The molecule has 0 radical (unpaired) electrons. The highest BCUT2D eigenvalue weighted by Gasteiger charge is 2.13. The minimum Gasteiger partial charge on any atom is -0.369 e. The highest BCUT2D eigenvalue weighted by Crippen LogP contribution is 2.21. The monoisotopic (exact) mass is 235 g/mol. The minimum absolute atomic E-state index is 0.175. The van der Waals surface area contributed by atoms with Gasteiger partial charge in [0.25, 0.3) is 0 Å². The van der Waals surface area contributed by atoms with Crippen LogP contribution in [0.15, 0.2) is 18.3 Å². The topological polar surface area (TPSA) is 37.0 Å². The summed E-state index contributed by atoms with van der Waals surface area (Å²) in [6.07, 6.45) is 3.14. The molecule has 1 heterocycles. The van der Waals surface area contributed by atoms with Crippen LogP contribution in [-0.4, -0.2) is 24.6 Å². The van der Waals surface area contributed by atoms with Crippen LogP contribution < -0.4 is 10.6 Å². The predicted octanol–water partition coefficient (Wildman–Crippen LogP) is 2.79. The van der Waals surface area contributed by atoms with Crippen LogP contribution in [0.3, 0.4) is 0 Å². The van der Waals surface area contributed by atoms with Crippen molar-refractivity contribution in [3.63, 3.8) is 0 Å². The van der Waals surface area contributed by atoms with Crippen molar-refractivity contribution in [2.75, 3.05) is 25.0 Å². The molecule has 2 N–H and O–H groups in total. The van der Waals surface area contributed by atoms with Gasteiger partial charge in [-0.3, -0.25) is 0 Å². The summed E-state index contributed by atoms with van der Waals surface area (Å²) in [7, 11) is 0. The fourth-order valence-corrected chi connectivity index (χ4v) is 1.52. The van der Waals surface area contributed by atoms with E-state index in [0.717, 1.165) is 25.5 Å². The van der Waals surface area contributed by atoms with E-state index in [-0.39, 0.29) is 5.41 Å². The molecule has 0 atom stereocenters. The van der Waals surface area contributed by atoms with E-state index in [0.29, 0.717) is 0 Å². The molecular weight excluding hydrogens is 210 g/mol. The maximum Gasteiger partial charge on any atom is 0.125 e. The van der Waals surface area contributed by atoms with Crippen molar-refractivity contribution >= 4 is 5.82 Å². The number of hydrogen-bond donors (Lipinski definition) is 2. The molecular formula is C14H25N3. The third-order valence-electron chi connectivity index (χ3n) is 2.66. The molecule has 1 aromatic rings. The zero-order valence-corrected chi connectivity index (χ0v) is 11.5. The molecule has 1 aromatic heterocycles. The van der Waals surface area contributed by atoms with Gasteiger partial charge in [0.15, 0.2) is 0 Å². The first-order valence-electron chi connectivity index (χ1n) is 6.45. The van der Waals surface area contributed by atoms with Gasteiger partial charge in [-0.05, 0) is 30.0 Å². The van der Waals surface area contributed by atoms with Crippen LogP contribution in [0.1, 0.15) is 39.7 Å². The van der Waals surface area contributed by atoms with Crippen molar-refractivity contribution in [1.82, 2.24) is 10.3 Å². The van der Waals surface area contributed by atoms with Crippen LogP contribution in [-0.2, 0) is 5.41 Å². The second kappa shape index (κ2) is 6.60. The highest BCUT2D eigenvalue weighted by molar-refractivity contribution is 5.37. The average molecular weight is 235 g/mol. The largest absolute Gasteiger partial charge is 0.369 e. The normalized spacial score (nSPS) is 11.5. The molecule has 0 aliphatic carbocycles. The number of pyridine rings is 1. The number of hydrogen-bond acceptors (Lipinski definition) is 3. The van der Waals surface area contributed by atoms with Gasteiger partial charge in [-0.15, -0.1) is 0 Å². The van der Waals surface area contributed by atoms with Gasteiger partial charge < -0.3 is 10.6 Å². The molecule has 0 bridgehead atoms. The maximum absolute atomic E-state index is 4.42. The number of nitrogens with one attached hydrogen (secondary N) is 2. The molecule has 0 aromatic carbocycles. The lowest BCUT2D eigenvalue weighted by atomic mass is 9.88. The maximum atomic E-state index is 4.42. The molecule has 0 saturated carbocycles. The van der Waals surface area contributed by atoms with E-state index in [1.807, 2.05) is 6.20 Å². The summed E-state index contributed by atoms with van der Waals surface area (Å²) in [6, 6.07) is 4.20. The Kier molecular flexibility index (Phi) is 5.42. The summed E-state index contributed by atoms with van der Waals surface area (Å²) in [5.41, 5.74) is 1.45. The lowest BCUT2D eigenvalue weighted by Gasteiger charge is -2.18. The summed E-state index contributed by atoms with van der Waals surface area (Å²) < 4.78 is 0. The molecule has 0 aliphatic rings. The zero-order chi connectivity index (χ0) is 12.7. The fraction of sp³-hybridized carbons (Fsp3) is 0.643. The molecule has 3 nitrogen and oxygen atoms in total. The van der Waals surface area contributed by atoms with E-state index in [1.165, 1.54) is 12.0 Å². The van der Waals surface area contributed by atoms with Crippen LogP contribution >= 0.6 is 0 Å². The summed E-state index contributed by atoms with van der Waals surface area (Å²) in [5.74, 6) is 0.955. The molecule has 0 aliphatic heterocycles. The second-order valence-electron chi connectivity index (χ2n) is 5.36. The van der Waals surface area contributed by atoms with Gasteiger partial charge in [0.2, 0.25) is 0 Å². The van der Waals surface area contributed by atoms with Gasteiger partial charge in [-0.1, -0.05) is 33.8 Å². The van der Waals surface area contributed by atoms with Crippen LogP contribution in [0.4, 0.5) is 5.82 Å². The second-order valence-corrected chi connectivity index (χ2v) is 5.36. The standard InChI is InChI=1S/C14H25N3/c1-5-8-15-9-10-16-13-7-6-12(11-17-13)14(2,3)4/h6-7,11,15H,5,8-10H2,1-4H3,(H,16,17). The van der Waals surface area contributed by atoms with Crippen molar-refractivity contribution in [2.45, 2.75) is 39.5 Å². The first kappa shape index (κ1) is 14.0. The minimum atomic E-state index is 0.175.